The summed E-state index contributed by atoms with van der Waals surface area (Å²) in [7, 11) is 1.28. The molecule has 0 saturated carbocycles. The summed E-state index contributed by atoms with van der Waals surface area (Å²) in [4.78, 5) is 64.8. The van der Waals surface area contributed by atoms with Crippen molar-refractivity contribution in [1.29, 1.82) is 0 Å². The van der Waals surface area contributed by atoms with Crippen LogP contribution in [0.1, 0.15) is 39.5 Å². The number of hydrogen-bond acceptors (Lipinski definition) is 16. The molecule has 0 bridgehead atoms. The van der Waals surface area contributed by atoms with Crippen molar-refractivity contribution in [3.05, 3.63) is 215 Å². The number of H-pyrrole nitrogens is 3. The first kappa shape index (κ1) is 52.6. The molecule has 0 atom stereocenters. The Hall–Kier alpha value is -10.1. The Morgan fingerprint density at radius 2 is 1.00 bits per heavy atom. The molecule has 7 heterocycles. The number of ether oxygens (including phenoxy) is 4. The number of nitrogens with one attached hydrogen (secondary N) is 3. The highest BCUT2D eigenvalue weighted by Gasteiger charge is 2.26. The zero-order chi connectivity index (χ0) is 56.8. The molecule has 6 N–H and O–H groups in total. The summed E-state index contributed by atoms with van der Waals surface area (Å²) >= 11 is 3.36. The molecule has 0 radical (unpaired) electrons. The van der Waals surface area contributed by atoms with Gasteiger partial charge < -0.3 is 28.5 Å². The Kier molecular flexibility index (Phi) is 14.0. The van der Waals surface area contributed by atoms with Gasteiger partial charge in [0.2, 0.25) is 5.43 Å². The molecule has 0 fully saturated rings. The molecule has 20 heteroatoms. The number of rotatable bonds is 6. The van der Waals surface area contributed by atoms with Crippen LogP contribution in [0.4, 0.5) is 0 Å². The van der Waals surface area contributed by atoms with Crippen molar-refractivity contribution in [3.63, 3.8) is 0 Å². The standard InChI is InChI=1S/C16H11BrO4.C16H12N2O2.C15H11N3O3.C15H10N2O3/c1-20-16(19)10-3-2-4-13-14(10)15(18)11-7-9(8-17)5-6-12(11)21-13;1-2-9-6-7-12-11(8-9)15-14-10(16(19)18-17-15)4-3-5-13(14)20-12;16-20-7-8-4-5-11-10(6-8)14-13-9(15(19)18-17-14)2-1-3-12(13)21-11;18-7-8-4-5-11-10(6-8)14-13-9(15(19)17-16-14)2-1-3-12(13)20-11/h2-7H,8H2,1H3;3-8H,2H2,1H3,(H,18,19);1-6H,7,16H2,(H,18,19);1-6,18H,7H2,(H,17,19). The second kappa shape index (κ2) is 21.8. The first-order valence-corrected chi connectivity index (χ1v) is 26.6. The topological polar surface area (TPSA) is 277 Å². The molecule has 12 aromatic rings. The molecule has 0 amide bonds. The number of esters is 1. The molecule has 8 aromatic carbocycles. The number of carbonyl (C=O) groups excluding carboxylic acids is 1. The SMILES string of the molecule is CCc1ccc2c(c1)-c1n[nH]c(=O)c3cccc(c13)O2.COC(=O)c1cccc2oc3ccc(CBr)cc3c(=O)c12.NOCc1ccc2c(c1)-c1n[nH]c(=O)c3cccc(c13)O2.O=c1[nH]nc2c3c(cccc13)Oc1ccc(CO)cc1-2. The highest BCUT2D eigenvalue weighted by molar-refractivity contribution is 9.08. The number of hydrogen-bond donors (Lipinski definition) is 5. The van der Waals surface area contributed by atoms with E-state index in [9.17, 15) is 29.1 Å². The number of benzene rings is 8. The molecule has 19 nitrogen and oxygen atoms in total. The predicted octanol–water partition coefficient (Wildman–Crippen LogP) is 11.2. The first-order chi connectivity index (χ1) is 40.0. The Labute approximate surface area is 470 Å². The monoisotopic (exact) mass is 1160 g/mol. The molecule has 0 unspecified atom stereocenters. The number of aliphatic hydroxyl groups is 1. The van der Waals surface area contributed by atoms with Crippen LogP contribution in [-0.4, -0.2) is 48.8 Å². The van der Waals surface area contributed by atoms with Gasteiger partial charge in [-0.2, -0.15) is 15.3 Å². The van der Waals surface area contributed by atoms with Crippen molar-refractivity contribution in [2.75, 3.05) is 7.11 Å². The number of nitrogens with two attached hydrogens (primary N) is 1. The molecule has 82 heavy (non-hydrogen) atoms. The number of aryl methyl sites for hydroxylation is 1. The Bertz CT molecular complexity index is 4690. The van der Waals surface area contributed by atoms with Gasteiger partial charge in [-0.25, -0.2) is 26.0 Å². The number of alkyl halides is 1. The molecular weight excluding hydrogens is 1110 g/mol. The zero-order valence-electron chi connectivity index (χ0n) is 43.4. The molecule has 3 aliphatic rings. The average Bonchev–Trinajstić information content (AvgIpc) is 2.93. The number of halogens is 1. The number of aromatic nitrogens is 6. The minimum atomic E-state index is -0.552. The number of methoxy groups -OCH3 is 1. The smallest absolute Gasteiger partial charge is 0.338 e. The Balaban J connectivity index is 0.000000108. The lowest BCUT2D eigenvalue weighted by Crippen LogP contribution is -2.12. The molecule has 0 saturated heterocycles. The lowest BCUT2D eigenvalue weighted by Gasteiger charge is -2.20. The average molecular weight is 1160 g/mol. The van der Waals surface area contributed by atoms with Crippen molar-refractivity contribution in [2.45, 2.75) is 31.9 Å². The fourth-order valence-electron chi connectivity index (χ4n) is 10.1. The number of carbonyl (C=O) groups is 1. The Morgan fingerprint density at radius 1 is 0.537 bits per heavy atom. The number of aliphatic hydroxyl groups excluding tert-OH is 1. The maximum atomic E-state index is 12.7. The van der Waals surface area contributed by atoms with Gasteiger partial charge >= 0.3 is 5.97 Å². The fourth-order valence-corrected chi connectivity index (χ4v) is 10.5. The number of nitrogens with zero attached hydrogens (tertiary/aromatic N) is 3. The summed E-state index contributed by atoms with van der Waals surface area (Å²) in [5.41, 5.74) is 8.73. The van der Waals surface area contributed by atoms with E-state index in [0.29, 0.717) is 90.2 Å². The van der Waals surface area contributed by atoms with E-state index in [2.05, 4.69) is 70.4 Å². The van der Waals surface area contributed by atoms with Crippen LogP contribution in [0.5, 0.6) is 34.5 Å². The van der Waals surface area contributed by atoms with Gasteiger partial charge in [-0.1, -0.05) is 71.4 Å². The van der Waals surface area contributed by atoms with Crippen molar-refractivity contribution < 1.29 is 38.1 Å². The van der Waals surface area contributed by atoms with E-state index in [1.54, 1.807) is 72.8 Å². The summed E-state index contributed by atoms with van der Waals surface area (Å²) in [5, 5.41) is 34.7. The van der Waals surface area contributed by atoms with Crippen LogP contribution < -0.4 is 42.2 Å². The van der Waals surface area contributed by atoms with Crippen LogP contribution in [-0.2, 0) is 34.5 Å². The van der Waals surface area contributed by atoms with Gasteiger partial charge in [-0.15, -0.1) is 0 Å². The first-order valence-electron chi connectivity index (χ1n) is 25.5. The van der Waals surface area contributed by atoms with Gasteiger partial charge in [0.1, 0.15) is 62.7 Å². The molecule has 4 aromatic heterocycles. The van der Waals surface area contributed by atoms with Crippen molar-refractivity contribution >= 4 is 76.2 Å². The van der Waals surface area contributed by atoms with Gasteiger partial charge in [0.05, 0.1) is 69.0 Å². The summed E-state index contributed by atoms with van der Waals surface area (Å²) in [6.07, 6.45) is 0.946. The maximum absolute atomic E-state index is 12.7. The quantitative estimate of drug-likeness (QED) is 0.0448. The van der Waals surface area contributed by atoms with Gasteiger partial charge in [0.25, 0.3) is 16.7 Å². The lowest BCUT2D eigenvalue weighted by atomic mass is 9.98. The Morgan fingerprint density at radius 3 is 1.48 bits per heavy atom. The van der Waals surface area contributed by atoms with Crippen molar-refractivity contribution in [2.24, 2.45) is 5.90 Å². The van der Waals surface area contributed by atoms with Gasteiger partial charge in [-0.05, 0) is 126 Å². The molecule has 406 valence electrons. The van der Waals surface area contributed by atoms with E-state index < -0.39 is 5.97 Å². The number of fused-ring (bicyclic) bond motifs is 8. The second-order valence-electron chi connectivity index (χ2n) is 18.9. The van der Waals surface area contributed by atoms with Crippen LogP contribution >= 0.6 is 15.9 Å². The minimum absolute atomic E-state index is 0.0541. The summed E-state index contributed by atoms with van der Waals surface area (Å²) in [5.74, 6) is 8.65. The highest BCUT2D eigenvalue weighted by atomic mass is 79.9. The predicted molar refractivity (Wildman–Crippen MR) is 312 cm³/mol. The summed E-state index contributed by atoms with van der Waals surface area (Å²) in [6, 6.07) is 43.6. The van der Waals surface area contributed by atoms with Gasteiger partial charge in [-0.3, -0.25) is 24.0 Å². The van der Waals surface area contributed by atoms with Crippen LogP contribution in [0.15, 0.2) is 169 Å². The van der Waals surface area contributed by atoms with Crippen LogP contribution in [0.3, 0.4) is 0 Å². The van der Waals surface area contributed by atoms with Crippen LogP contribution in [0.2, 0.25) is 0 Å². The number of aromatic amines is 3. The second-order valence-corrected chi connectivity index (χ2v) is 19.5. The fraction of sp³-hybridized carbons (Fsp3) is 0.0968. The molecule has 15 rings (SSSR count). The largest absolute Gasteiger partial charge is 0.465 e. The van der Waals surface area contributed by atoms with E-state index in [1.165, 1.54) is 12.7 Å². The van der Waals surface area contributed by atoms with Gasteiger partial charge in [0.15, 0.2) is 0 Å². The van der Waals surface area contributed by atoms with E-state index in [0.717, 1.165) is 62.0 Å². The molecule has 0 spiro atoms. The van der Waals surface area contributed by atoms with E-state index in [-0.39, 0.29) is 39.7 Å². The lowest BCUT2D eigenvalue weighted by molar-refractivity contribution is 0.0602. The third kappa shape index (κ3) is 9.39. The van der Waals surface area contributed by atoms with E-state index in [4.69, 9.17) is 29.3 Å². The zero-order valence-corrected chi connectivity index (χ0v) is 45.0. The van der Waals surface area contributed by atoms with E-state index in [1.807, 2.05) is 60.7 Å². The van der Waals surface area contributed by atoms with Crippen molar-refractivity contribution in [1.82, 2.24) is 30.6 Å². The van der Waals surface area contributed by atoms with E-state index >= 15 is 0 Å². The molecular formula is C62H44BrN7O12. The summed E-state index contributed by atoms with van der Waals surface area (Å²) in [6.45, 7) is 2.35. The normalized spacial score (nSPS) is 11.8. The third-order valence-electron chi connectivity index (χ3n) is 14.0. The highest BCUT2D eigenvalue weighted by Crippen LogP contribution is 2.47. The van der Waals surface area contributed by atoms with Crippen LogP contribution in [0, 0.1) is 0 Å². The van der Waals surface area contributed by atoms with Gasteiger partial charge in [0, 0.05) is 22.0 Å². The maximum Gasteiger partial charge on any atom is 0.338 e. The van der Waals surface area contributed by atoms with Crippen LogP contribution in [0.25, 0.3) is 88.0 Å². The third-order valence-corrected chi connectivity index (χ3v) is 14.7. The summed E-state index contributed by atoms with van der Waals surface area (Å²) < 4.78 is 28.1. The van der Waals surface area contributed by atoms with Crippen molar-refractivity contribution in [3.8, 4) is 68.3 Å². The molecule has 3 aliphatic heterocycles. The molecule has 0 aliphatic carbocycles. The minimum Gasteiger partial charge on any atom is -0.465 e.